The van der Waals surface area contributed by atoms with Crippen molar-refractivity contribution in [3.05, 3.63) is 42.2 Å². The molecule has 2 saturated heterocycles. The maximum absolute atomic E-state index is 12.3. The summed E-state index contributed by atoms with van der Waals surface area (Å²) in [4.78, 5) is 12.3. The van der Waals surface area contributed by atoms with Gasteiger partial charge >= 0.3 is 5.97 Å². The number of aliphatic carboxylic acids is 1. The van der Waals surface area contributed by atoms with Crippen LogP contribution in [0.5, 0.6) is 5.75 Å². The third-order valence-electron chi connectivity index (χ3n) is 9.14. The Bertz CT molecular complexity index is 995. The van der Waals surface area contributed by atoms with Gasteiger partial charge in [-0.15, -0.1) is 0 Å². The van der Waals surface area contributed by atoms with Gasteiger partial charge < -0.3 is 33.2 Å². The van der Waals surface area contributed by atoms with Crippen molar-refractivity contribution in [3.8, 4) is 5.75 Å². The first kappa shape index (κ1) is 33.0. The lowest BCUT2D eigenvalue weighted by molar-refractivity contribution is -0.201. The maximum atomic E-state index is 12.3. The van der Waals surface area contributed by atoms with Crippen LogP contribution < -0.4 is 4.74 Å². The zero-order chi connectivity index (χ0) is 30.2. The van der Waals surface area contributed by atoms with Crippen LogP contribution in [0.3, 0.4) is 0 Å². The van der Waals surface area contributed by atoms with Crippen molar-refractivity contribution in [2.45, 2.75) is 121 Å². The summed E-state index contributed by atoms with van der Waals surface area (Å²) in [5.41, 5.74) is 0. The van der Waals surface area contributed by atoms with Crippen LogP contribution in [0.1, 0.15) is 78.6 Å². The van der Waals surface area contributed by atoms with Crippen LogP contribution in [0.2, 0.25) is 18.1 Å². The number of hydrogen-bond acceptors (Lipinski definition) is 7. The molecular formula is C33H52O8Si. The smallest absolute Gasteiger partial charge is 0.303 e. The fraction of sp³-hybridized carbons (Fsp3) is 0.727. The van der Waals surface area contributed by atoms with E-state index in [1.807, 2.05) is 30.3 Å². The molecule has 4 rings (SSSR count). The second-order valence-electron chi connectivity index (χ2n) is 13.4. The monoisotopic (exact) mass is 604 g/mol. The van der Waals surface area contributed by atoms with Gasteiger partial charge in [0, 0.05) is 31.3 Å². The highest BCUT2D eigenvalue weighted by Crippen LogP contribution is 2.48. The van der Waals surface area contributed by atoms with Crippen molar-refractivity contribution in [1.82, 2.24) is 0 Å². The summed E-state index contributed by atoms with van der Waals surface area (Å²) in [6.45, 7) is 12.9. The van der Waals surface area contributed by atoms with Crippen molar-refractivity contribution in [2.24, 2.45) is 11.8 Å². The van der Waals surface area contributed by atoms with E-state index in [9.17, 15) is 9.90 Å². The van der Waals surface area contributed by atoms with Crippen molar-refractivity contribution in [2.75, 3.05) is 19.8 Å². The predicted molar refractivity (Wildman–Crippen MR) is 164 cm³/mol. The molecule has 3 fully saturated rings. The first-order valence-electron chi connectivity index (χ1n) is 15.9. The molecule has 9 heteroatoms. The number of hydrogen-bond donors (Lipinski definition) is 1. The van der Waals surface area contributed by atoms with Gasteiger partial charge in [0.25, 0.3) is 0 Å². The fourth-order valence-corrected chi connectivity index (χ4v) is 7.25. The highest BCUT2D eigenvalue weighted by atomic mass is 28.4. The predicted octanol–water partition coefficient (Wildman–Crippen LogP) is 7.30. The van der Waals surface area contributed by atoms with E-state index in [1.54, 1.807) is 0 Å². The molecule has 3 unspecified atom stereocenters. The maximum Gasteiger partial charge on any atom is 0.303 e. The minimum atomic E-state index is -2.20. The summed E-state index contributed by atoms with van der Waals surface area (Å²) in [6.07, 6.45) is 7.77. The summed E-state index contributed by atoms with van der Waals surface area (Å²) in [6, 6.07) is 9.74. The first-order chi connectivity index (χ1) is 20.0. The molecule has 1 aliphatic carbocycles. The SMILES string of the molecule is CC(C)(C)[Si](C)(C)OC1C[C@@H](OC2CCCCO2)[C@@H](/C(=C\CCOc2ccccc2)OC2CCCCO2)[C@H]1CC(=O)O. The molecule has 6 atom stereocenters. The van der Waals surface area contributed by atoms with Gasteiger partial charge in [0.15, 0.2) is 20.9 Å². The first-order valence-corrected chi connectivity index (χ1v) is 18.8. The molecule has 8 nitrogen and oxygen atoms in total. The lowest BCUT2D eigenvalue weighted by Gasteiger charge is -2.40. The normalized spacial score (nSPS) is 29.3. The summed E-state index contributed by atoms with van der Waals surface area (Å²) < 4.78 is 38.2. The zero-order valence-electron chi connectivity index (χ0n) is 26.2. The third kappa shape index (κ3) is 9.29. The van der Waals surface area contributed by atoms with Crippen molar-refractivity contribution in [3.63, 3.8) is 0 Å². The minimum absolute atomic E-state index is 0.0123. The Morgan fingerprint density at radius 3 is 2.26 bits per heavy atom. The van der Waals surface area contributed by atoms with E-state index < -0.39 is 14.3 Å². The number of benzene rings is 1. The van der Waals surface area contributed by atoms with Gasteiger partial charge in [0.1, 0.15) is 11.5 Å². The second kappa shape index (κ2) is 15.2. The molecule has 42 heavy (non-hydrogen) atoms. The number of carboxylic acid groups (broad SMARTS) is 1. The summed E-state index contributed by atoms with van der Waals surface area (Å²) in [5, 5.41) is 10.1. The van der Waals surface area contributed by atoms with Crippen LogP contribution in [0, 0.1) is 11.8 Å². The van der Waals surface area contributed by atoms with E-state index in [4.69, 9.17) is 28.1 Å². The standard InChI is InChI=1S/C33H52O8Si/c1-33(2,3)42(4,5)41-27-23-28(40-31-18-10-12-20-38-31)32(25(27)22-29(34)35)26(39-30-17-9-11-19-37-30)16-13-21-36-24-14-7-6-8-15-24/h6-8,14-16,25,27-28,30-32H,9-13,17-23H2,1-5H3,(H,34,35)/b26-16+/t25-,27?,28+,30?,31?,32+/m0/s1. The Morgan fingerprint density at radius 2 is 1.67 bits per heavy atom. The van der Waals surface area contributed by atoms with Gasteiger partial charge in [-0.05, 0) is 74.9 Å². The van der Waals surface area contributed by atoms with Crippen molar-refractivity contribution in [1.29, 1.82) is 0 Å². The molecular weight excluding hydrogens is 552 g/mol. The zero-order valence-corrected chi connectivity index (χ0v) is 27.2. The quantitative estimate of drug-likeness (QED) is 0.143. The number of ether oxygens (including phenoxy) is 5. The molecule has 236 valence electrons. The molecule has 1 aromatic rings. The Hall–Kier alpha value is -1.91. The van der Waals surface area contributed by atoms with Crippen molar-refractivity contribution >= 4 is 14.3 Å². The highest BCUT2D eigenvalue weighted by molar-refractivity contribution is 6.74. The topological polar surface area (TPSA) is 92.7 Å². The Morgan fingerprint density at radius 1 is 1.00 bits per heavy atom. The summed E-state index contributed by atoms with van der Waals surface area (Å²) >= 11 is 0. The van der Waals surface area contributed by atoms with E-state index in [0.717, 1.165) is 50.0 Å². The van der Waals surface area contributed by atoms with E-state index in [1.165, 1.54) is 0 Å². The lowest BCUT2D eigenvalue weighted by atomic mass is 9.88. The van der Waals surface area contributed by atoms with Crippen LogP contribution in [0.15, 0.2) is 42.2 Å². The molecule has 0 aromatic heterocycles. The molecule has 0 amide bonds. The van der Waals surface area contributed by atoms with Gasteiger partial charge in [-0.25, -0.2) is 0 Å². The van der Waals surface area contributed by atoms with Crippen LogP contribution in [0.4, 0.5) is 0 Å². The fourth-order valence-electron chi connectivity index (χ4n) is 5.87. The van der Waals surface area contributed by atoms with E-state index in [0.29, 0.717) is 32.7 Å². The van der Waals surface area contributed by atoms with Gasteiger partial charge in [-0.1, -0.05) is 39.0 Å². The van der Waals surface area contributed by atoms with E-state index >= 15 is 0 Å². The Labute approximate surface area is 253 Å². The summed E-state index contributed by atoms with van der Waals surface area (Å²) in [5.74, 6) is 0.0851. The van der Waals surface area contributed by atoms with Crippen LogP contribution in [0.25, 0.3) is 0 Å². The second-order valence-corrected chi connectivity index (χ2v) is 18.1. The van der Waals surface area contributed by atoms with E-state index in [2.05, 4.69) is 39.9 Å². The van der Waals surface area contributed by atoms with Gasteiger partial charge in [0.2, 0.25) is 0 Å². The molecule has 2 heterocycles. The molecule has 3 aliphatic rings. The van der Waals surface area contributed by atoms with Gasteiger partial charge in [-0.3, -0.25) is 4.79 Å². The van der Waals surface area contributed by atoms with Gasteiger partial charge in [0.05, 0.1) is 31.8 Å². The number of carboxylic acids is 1. The van der Waals surface area contributed by atoms with Gasteiger partial charge in [-0.2, -0.15) is 0 Å². The molecule has 0 bridgehead atoms. The molecule has 0 spiro atoms. The molecule has 1 N–H and O–H groups in total. The lowest BCUT2D eigenvalue weighted by Crippen LogP contribution is -2.45. The third-order valence-corrected chi connectivity index (χ3v) is 13.6. The minimum Gasteiger partial charge on any atom is -0.493 e. The van der Waals surface area contributed by atoms with Crippen molar-refractivity contribution < 1.29 is 38.0 Å². The summed E-state index contributed by atoms with van der Waals surface area (Å²) in [7, 11) is -2.20. The Kier molecular flexibility index (Phi) is 11.9. The number of para-hydroxylation sites is 1. The number of carbonyl (C=O) groups is 1. The van der Waals surface area contributed by atoms with E-state index in [-0.39, 0.29) is 48.1 Å². The van der Waals surface area contributed by atoms with Crippen LogP contribution in [-0.2, 0) is 28.2 Å². The van der Waals surface area contributed by atoms with Crippen LogP contribution in [-0.4, -0.2) is 64.0 Å². The molecule has 2 aliphatic heterocycles. The van der Waals surface area contributed by atoms with Crippen LogP contribution >= 0.6 is 0 Å². The highest BCUT2D eigenvalue weighted by Gasteiger charge is 2.52. The average molecular weight is 605 g/mol. The Balaban J connectivity index is 1.64. The average Bonchev–Trinajstić information content (AvgIpc) is 3.26. The largest absolute Gasteiger partial charge is 0.493 e. The molecule has 1 aromatic carbocycles. The number of rotatable bonds is 13. The molecule has 1 saturated carbocycles. The molecule has 0 radical (unpaired) electrons.